The molecule has 0 saturated carbocycles. The predicted molar refractivity (Wildman–Crippen MR) is 77.3 cm³/mol. The van der Waals surface area contributed by atoms with Crippen LogP contribution in [-0.4, -0.2) is 11.1 Å². The first-order chi connectivity index (χ1) is 9.43. The van der Waals surface area contributed by atoms with Gasteiger partial charge in [0.25, 0.3) is 0 Å². The third kappa shape index (κ3) is 2.89. The summed E-state index contributed by atoms with van der Waals surface area (Å²) < 4.78 is 13.7. The minimum absolute atomic E-state index is 0.395. The highest BCUT2D eigenvalue weighted by Gasteiger charge is 2.35. The summed E-state index contributed by atoms with van der Waals surface area (Å²) >= 11 is 1.55. The first-order valence-electron chi connectivity index (χ1n) is 6.21. The number of nitrogens with one attached hydrogen (secondary N) is 1. The van der Waals surface area contributed by atoms with Crippen LogP contribution in [0, 0.1) is 12.7 Å². The van der Waals surface area contributed by atoms with E-state index in [-0.39, 0.29) is 0 Å². The van der Waals surface area contributed by atoms with Gasteiger partial charge in [-0.2, -0.15) is 0 Å². The van der Waals surface area contributed by atoms with Gasteiger partial charge in [-0.1, -0.05) is 18.2 Å². The predicted octanol–water partition coefficient (Wildman–Crippen LogP) is 3.29. The van der Waals surface area contributed by atoms with E-state index in [1.807, 2.05) is 17.5 Å². The van der Waals surface area contributed by atoms with Gasteiger partial charge in [0, 0.05) is 11.4 Å². The van der Waals surface area contributed by atoms with Gasteiger partial charge < -0.3 is 5.11 Å². The molecule has 0 aliphatic rings. The first kappa shape index (κ1) is 14.7. The molecule has 1 heterocycles. The molecule has 0 aliphatic carbocycles. The van der Waals surface area contributed by atoms with Crippen LogP contribution < -0.4 is 5.32 Å². The van der Waals surface area contributed by atoms with Crippen LogP contribution in [0.3, 0.4) is 0 Å². The molecule has 3 nitrogen and oxygen atoms in total. The fraction of sp³-hybridized carbons (Fsp3) is 0.267. The lowest BCUT2D eigenvalue weighted by atomic mass is 9.91. The standard InChI is InChI=1S/C15H16FNO2S/c1-10-5-6-11(8-13(10)16)15(2,14(18)19)17-9-12-4-3-7-20-12/h3-8,17H,9H2,1-2H3,(H,18,19). The first-order valence-corrected chi connectivity index (χ1v) is 7.09. The number of aryl methyl sites for hydroxylation is 1. The molecule has 0 spiro atoms. The van der Waals surface area contributed by atoms with Crippen molar-refractivity contribution in [3.8, 4) is 0 Å². The van der Waals surface area contributed by atoms with Gasteiger partial charge in [0.05, 0.1) is 0 Å². The molecule has 0 radical (unpaired) electrons. The fourth-order valence-corrected chi connectivity index (χ4v) is 2.53. The van der Waals surface area contributed by atoms with E-state index in [1.165, 1.54) is 6.07 Å². The van der Waals surface area contributed by atoms with Crippen LogP contribution in [0.25, 0.3) is 0 Å². The molecule has 2 N–H and O–H groups in total. The zero-order valence-electron chi connectivity index (χ0n) is 11.3. The lowest BCUT2D eigenvalue weighted by molar-refractivity contribution is -0.144. The molecular formula is C15H16FNO2S. The molecular weight excluding hydrogens is 277 g/mol. The monoisotopic (exact) mass is 293 g/mol. The van der Waals surface area contributed by atoms with Crippen LogP contribution in [0.1, 0.15) is 22.9 Å². The van der Waals surface area contributed by atoms with Crippen molar-refractivity contribution in [2.75, 3.05) is 0 Å². The topological polar surface area (TPSA) is 49.3 Å². The second-order valence-corrected chi connectivity index (χ2v) is 5.86. The number of carboxylic acid groups (broad SMARTS) is 1. The number of benzene rings is 1. The quantitative estimate of drug-likeness (QED) is 0.889. The van der Waals surface area contributed by atoms with Crippen LogP contribution in [-0.2, 0) is 16.9 Å². The van der Waals surface area contributed by atoms with Crippen LogP contribution in [0.4, 0.5) is 4.39 Å². The average molecular weight is 293 g/mol. The molecule has 0 amide bonds. The Kier molecular flexibility index (Phi) is 4.20. The molecule has 106 valence electrons. The fourth-order valence-electron chi connectivity index (χ4n) is 1.88. The van der Waals surface area contributed by atoms with Crippen molar-refractivity contribution in [2.24, 2.45) is 0 Å². The molecule has 5 heteroatoms. The van der Waals surface area contributed by atoms with Gasteiger partial charge in [0.1, 0.15) is 11.4 Å². The molecule has 20 heavy (non-hydrogen) atoms. The van der Waals surface area contributed by atoms with Gasteiger partial charge in [-0.3, -0.25) is 5.32 Å². The Labute approximate surface area is 121 Å². The van der Waals surface area contributed by atoms with Crippen molar-refractivity contribution in [2.45, 2.75) is 25.9 Å². The van der Waals surface area contributed by atoms with E-state index < -0.39 is 17.3 Å². The summed E-state index contributed by atoms with van der Waals surface area (Å²) in [4.78, 5) is 12.6. The highest BCUT2D eigenvalue weighted by molar-refractivity contribution is 7.09. The van der Waals surface area contributed by atoms with Gasteiger partial charge in [-0.15, -0.1) is 11.3 Å². The van der Waals surface area contributed by atoms with E-state index in [0.29, 0.717) is 17.7 Å². The molecule has 0 fully saturated rings. The summed E-state index contributed by atoms with van der Waals surface area (Å²) in [5, 5.41) is 14.4. The number of hydrogen-bond acceptors (Lipinski definition) is 3. The summed E-state index contributed by atoms with van der Waals surface area (Å²) in [6, 6.07) is 8.36. The minimum atomic E-state index is -1.32. The maximum atomic E-state index is 13.7. The Morgan fingerprint density at radius 3 is 2.75 bits per heavy atom. The van der Waals surface area contributed by atoms with E-state index in [0.717, 1.165) is 4.88 Å². The minimum Gasteiger partial charge on any atom is -0.480 e. The van der Waals surface area contributed by atoms with Crippen molar-refractivity contribution < 1.29 is 14.3 Å². The molecule has 2 aromatic rings. The summed E-state index contributed by atoms with van der Waals surface area (Å²) in [5.74, 6) is -1.43. The number of carboxylic acids is 1. The molecule has 1 aromatic heterocycles. The van der Waals surface area contributed by atoms with Crippen molar-refractivity contribution in [1.29, 1.82) is 0 Å². The van der Waals surface area contributed by atoms with Gasteiger partial charge in [-0.05, 0) is 42.5 Å². The maximum Gasteiger partial charge on any atom is 0.328 e. The van der Waals surface area contributed by atoms with Crippen LogP contribution >= 0.6 is 11.3 Å². The van der Waals surface area contributed by atoms with Crippen molar-refractivity contribution in [1.82, 2.24) is 5.32 Å². The van der Waals surface area contributed by atoms with E-state index in [4.69, 9.17) is 0 Å². The Bertz CT molecular complexity index is 612. The summed E-state index contributed by atoms with van der Waals surface area (Å²) in [7, 11) is 0. The lowest BCUT2D eigenvalue weighted by Gasteiger charge is -2.27. The number of rotatable bonds is 5. The van der Waals surface area contributed by atoms with Crippen molar-refractivity contribution in [3.05, 3.63) is 57.5 Å². The number of halogens is 1. The second kappa shape index (κ2) is 5.73. The van der Waals surface area contributed by atoms with Gasteiger partial charge >= 0.3 is 5.97 Å². The van der Waals surface area contributed by atoms with Crippen molar-refractivity contribution in [3.63, 3.8) is 0 Å². The summed E-state index contributed by atoms with van der Waals surface area (Å²) in [6.07, 6.45) is 0. The van der Waals surface area contributed by atoms with E-state index in [1.54, 1.807) is 37.3 Å². The molecule has 1 atom stereocenters. The van der Waals surface area contributed by atoms with Gasteiger partial charge in [-0.25, -0.2) is 9.18 Å². The number of carbonyl (C=O) groups is 1. The Balaban J connectivity index is 2.28. The lowest BCUT2D eigenvalue weighted by Crippen LogP contribution is -2.46. The Morgan fingerprint density at radius 1 is 1.45 bits per heavy atom. The Morgan fingerprint density at radius 2 is 2.20 bits per heavy atom. The number of aliphatic carboxylic acids is 1. The molecule has 0 saturated heterocycles. The maximum absolute atomic E-state index is 13.7. The molecule has 0 bridgehead atoms. The SMILES string of the molecule is Cc1ccc(C(C)(NCc2cccs2)C(=O)O)cc1F. The van der Waals surface area contributed by atoms with Crippen LogP contribution in [0.15, 0.2) is 35.7 Å². The van der Waals surface area contributed by atoms with E-state index in [9.17, 15) is 14.3 Å². The molecule has 1 unspecified atom stereocenters. The third-order valence-corrected chi connectivity index (χ3v) is 4.25. The number of hydrogen-bond donors (Lipinski definition) is 2. The summed E-state index contributed by atoms with van der Waals surface area (Å²) in [6.45, 7) is 3.62. The average Bonchev–Trinajstić information content (AvgIpc) is 2.92. The van der Waals surface area contributed by atoms with Crippen LogP contribution in [0.2, 0.25) is 0 Å². The van der Waals surface area contributed by atoms with E-state index in [2.05, 4.69) is 5.32 Å². The third-order valence-electron chi connectivity index (χ3n) is 3.37. The van der Waals surface area contributed by atoms with Crippen LogP contribution in [0.5, 0.6) is 0 Å². The highest BCUT2D eigenvalue weighted by atomic mass is 32.1. The zero-order valence-corrected chi connectivity index (χ0v) is 12.1. The smallest absolute Gasteiger partial charge is 0.328 e. The Hall–Kier alpha value is -1.72. The largest absolute Gasteiger partial charge is 0.480 e. The second-order valence-electron chi connectivity index (χ2n) is 4.83. The van der Waals surface area contributed by atoms with Gasteiger partial charge in [0.15, 0.2) is 0 Å². The van der Waals surface area contributed by atoms with Gasteiger partial charge in [0.2, 0.25) is 0 Å². The number of thiophene rings is 1. The zero-order chi connectivity index (χ0) is 14.8. The normalized spacial score (nSPS) is 13.9. The molecule has 2 rings (SSSR count). The van der Waals surface area contributed by atoms with Crippen molar-refractivity contribution >= 4 is 17.3 Å². The van der Waals surface area contributed by atoms with E-state index >= 15 is 0 Å². The highest BCUT2D eigenvalue weighted by Crippen LogP contribution is 2.24. The molecule has 1 aromatic carbocycles. The molecule has 0 aliphatic heterocycles. The summed E-state index contributed by atoms with van der Waals surface area (Å²) in [5.41, 5.74) is -0.414.